The van der Waals surface area contributed by atoms with Gasteiger partial charge >= 0.3 is 0 Å². The van der Waals surface area contributed by atoms with Crippen LogP contribution >= 0.6 is 46.3 Å². The second kappa shape index (κ2) is 10.5. The summed E-state index contributed by atoms with van der Waals surface area (Å²) in [5, 5.41) is 5.99. The zero-order valence-electron chi connectivity index (χ0n) is 17.1. The molecular formula is C23H25Cl2N3OS2. The molecule has 1 aliphatic heterocycles. The number of nitrogens with zero attached hydrogens (tertiary/aromatic N) is 1. The van der Waals surface area contributed by atoms with Gasteiger partial charge in [0.1, 0.15) is 0 Å². The molecule has 31 heavy (non-hydrogen) atoms. The van der Waals surface area contributed by atoms with Crippen molar-refractivity contribution >= 4 is 52.2 Å². The molecule has 3 aliphatic rings. The minimum atomic E-state index is -0.317. The van der Waals surface area contributed by atoms with Crippen LogP contribution in [0.2, 0.25) is 10.0 Å². The molecule has 1 amide bonds. The molecule has 3 N–H and O–H groups in total. The van der Waals surface area contributed by atoms with Crippen LogP contribution in [0, 0.1) is 0 Å². The van der Waals surface area contributed by atoms with Crippen molar-refractivity contribution in [1.82, 2.24) is 10.3 Å². The number of nitrogens with one attached hydrogen (secondary N) is 1. The molecule has 2 heterocycles. The van der Waals surface area contributed by atoms with Crippen LogP contribution in [0.15, 0.2) is 40.8 Å². The summed E-state index contributed by atoms with van der Waals surface area (Å²) in [5.74, 6) is 0.570. The molecule has 0 saturated carbocycles. The van der Waals surface area contributed by atoms with Gasteiger partial charge in [-0.25, -0.2) is 4.98 Å². The van der Waals surface area contributed by atoms with E-state index in [9.17, 15) is 4.79 Å². The van der Waals surface area contributed by atoms with E-state index >= 15 is 0 Å². The Morgan fingerprint density at radius 1 is 1.23 bits per heavy atom. The summed E-state index contributed by atoms with van der Waals surface area (Å²) < 4.78 is 0. The molecular weight excluding hydrogens is 469 g/mol. The maximum absolute atomic E-state index is 11.0. The van der Waals surface area contributed by atoms with Crippen LogP contribution in [0.1, 0.15) is 40.4 Å². The minimum Gasteiger partial charge on any atom is -0.366 e. The van der Waals surface area contributed by atoms with Crippen LogP contribution in [0.25, 0.3) is 0 Å². The summed E-state index contributed by atoms with van der Waals surface area (Å²) in [6.45, 7) is 0. The highest BCUT2D eigenvalue weighted by atomic mass is 35.5. The Morgan fingerprint density at radius 2 is 2.06 bits per heavy atom. The number of amides is 1. The van der Waals surface area contributed by atoms with Gasteiger partial charge in [0.25, 0.3) is 0 Å². The Hall–Kier alpha value is -1.31. The zero-order valence-corrected chi connectivity index (χ0v) is 20.3. The topological polar surface area (TPSA) is 68.0 Å². The number of thioether (sulfide) groups is 1. The monoisotopic (exact) mass is 493 g/mol. The Morgan fingerprint density at radius 3 is 2.84 bits per heavy atom. The molecule has 1 aromatic heterocycles. The Bertz CT molecular complexity index is 1010. The van der Waals surface area contributed by atoms with Crippen LogP contribution in [-0.2, 0) is 30.5 Å². The first-order valence-corrected chi connectivity index (χ1v) is 13.0. The highest BCUT2D eigenvalue weighted by Crippen LogP contribution is 2.33. The Balaban J connectivity index is 0.000000166. The number of hydrogen-bond acceptors (Lipinski definition) is 5. The molecule has 0 spiro atoms. The lowest BCUT2D eigenvalue weighted by atomic mass is 10.0. The van der Waals surface area contributed by atoms with Gasteiger partial charge < -0.3 is 5.73 Å². The summed E-state index contributed by atoms with van der Waals surface area (Å²) in [6.07, 6.45) is 11.7. The van der Waals surface area contributed by atoms with Crippen molar-refractivity contribution in [1.29, 1.82) is 0 Å². The van der Waals surface area contributed by atoms with Crippen molar-refractivity contribution in [3.05, 3.63) is 72.0 Å². The highest BCUT2D eigenvalue weighted by molar-refractivity contribution is 8.03. The molecule has 2 aromatic rings. The number of carbonyl (C=O) groups excluding carboxylic acids is 1. The number of benzene rings is 1. The van der Waals surface area contributed by atoms with E-state index in [1.54, 1.807) is 11.8 Å². The fourth-order valence-electron chi connectivity index (χ4n) is 3.96. The molecule has 0 radical (unpaired) electrons. The van der Waals surface area contributed by atoms with Crippen molar-refractivity contribution in [2.45, 2.75) is 51.0 Å². The summed E-state index contributed by atoms with van der Waals surface area (Å²) in [5.41, 5.74) is 8.41. The molecule has 1 aromatic carbocycles. The third kappa shape index (κ3) is 5.74. The van der Waals surface area contributed by atoms with E-state index in [0.29, 0.717) is 16.6 Å². The number of primary amides is 1. The predicted octanol–water partition coefficient (Wildman–Crippen LogP) is 5.46. The van der Waals surface area contributed by atoms with E-state index < -0.39 is 0 Å². The van der Waals surface area contributed by atoms with Crippen molar-refractivity contribution in [2.24, 2.45) is 5.73 Å². The van der Waals surface area contributed by atoms with E-state index in [2.05, 4.69) is 5.32 Å². The van der Waals surface area contributed by atoms with Gasteiger partial charge in [-0.3, -0.25) is 10.1 Å². The van der Waals surface area contributed by atoms with Gasteiger partial charge in [-0.05, 0) is 56.2 Å². The minimum absolute atomic E-state index is 0.317. The SMILES string of the molecule is Clc1ccc(CCc2nc3c(s2)CCCC3)c(Cl)c1.NC(=O)C1=C2SCNC2CC=C1. The summed E-state index contributed by atoms with van der Waals surface area (Å²) in [6, 6.07) is 6.06. The van der Waals surface area contributed by atoms with Crippen molar-refractivity contribution in [3.63, 3.8) is 0 Å². The van der Waals surface area contributed by atoms with E-state index in [1.165, 1.54) is 34.8 Å². The Kier molecular flexibility index (Phi) is 7.77. The molecule has 1 fully saturated rings. The normalized spacial score (nSPS) is 19.5. The number of aryl methyl sites for hydroxylation is 4. The first-order chi connectivity index (χ1) is 15.0. The lowest BCUT2D eigenvalue weighted by Gasteiger charge is -2.15. The van der Waals surface area contributed by atoms with E-state index in [-0.39, 0.29) is 5.91 Å². The maximum Gasteiger partial charge on any atom is 0.249 e. The molecule has 1 unspecified atom stereocenters. The van der Waals surface area contributed by atoms with Crippen molar-refractivity contribution in [3.8, 4) is 0 Å². The number of fused-ring (bicyclic) bond motifs is 2. The zero-order chi connectivity index (χ0) is 21.8. The number of halogens is 2. The van der Waals surface area contributed by atoms with Gasteiger partial charge in [0.2, 0.25) is 5.91 Å². The number of nitrogens with two attached hydrogens (primary N) is 1. The number of hydrogen-bond donors (Lipinski definition) is 2. The summed E-state index contributed by atoms with van der Waals surface area (Å²) in [4.78, 5) is 18.4. The third-order valence-electron chi connectivity index (χ3n) is 5.57. The number of thiazole rings is 1. The standard InChI is InChI=1S/C15H15Cl2NS.C8H10N2OS/c16-11-7-5-10(12(17)9-11)6-8-15-18-13-3-1-2-4-14(13)19-15;9-8(11)5-2-1-3-6-7(5)12-4-10-6/h5,7,9H,1-4,6,8H2;1-2,6,10H,3-4H2,(H2,9,11). The molecule has 5 rings (SSSR count). The van der Waals surface area contributed by atoms with Crippen LogP contribution in [-0.4, -0.2) is 22.8 Å². The average molecular weight is 495 g/mol. The molecule has 0 bridgehead atoms. The quantitative estimate of drug-likeness (QED) is 0.592. The van der Waals surface area contributed by atoms with Gasteiger partial charge in [-0.2, -0.15) is 0 Å². The molecule has 164 valence electrons. The largest absolute Gasteiger partial charge is 0.366 e. The lowest BCUT2D eigenvalue weighted by Crippen LogP contribution is -2.26. The van der Waals surface area contributed by atoms with Crippen molar-refractivity contribution in [2.75, 3.05) is 5.88 Å². The number of carbonyl (C=O) groups is 1. The first-order valence-electron chi connectivity index (χ1n) is 10.5. The molecule has 1 atom stereocenters. The molecule has 4 nitrogen and oxygen atoms in total. The van der Waals surface area contributed by atoms with E-state index in [4.69, 9.17) is 33.9 Å². The second-order valence-electron chi connectivity index (χ2n) is 7.75. The molecule has 8 heteroatoms. The summed E-state index contributed by atoms with van der Waals surface area (Å²) in [7, 11) is 0. The summed E-state index contributed by atoms with van der Waals surface area (Å²) >= 11 is 15.7. The van der Waals surface area contributed by atoms with Gasteiger partial charge in [0.05, 0.1) is 10.7 Å². The predicted molar refractivity (Wildman–Crippen MR) is 132 cm³/mol. The second-order valence-corrected chi connectivity index (χ2v) is 10.8. The first kappa shape index (κ1) is 22.9. The van der Waals surface area contributed by atoms with Gasteiger partial charge in [-0.15, -0.1) is 23.1 Å². The van der Waals surface area contributed by atoms with Gasteiger partial charge in [-0.1, -0.05) is 41.4 Å². The van der Waals surface area contributed by atoms with Crippen LogP contribution < -0.4 is 11.1 Å². The molecule has 1 saturated heterocycles. The fourth-order valence-corrected chi connectivity index (χ4v) is 6.76. The third-order valence-corrected chi connectivity index (χ3v) is 8.50. The number of aromatic nitrogens is 1. The van der Waals surface area contributed by atoms with Crippen LogP contribution in [0.3, 0.4) is 0 Å². The van der Waals surface area contributed by atoms with Crippen molar-refractivity contribution < 1.29 is 4.79 Å². The molecule has 2 aliphatic carbocycles. The highest BCUT2D eigenvalue weighted by Gasteiger charge is 2.26. The Labute approximate surface area is 201 Å². The van der Waals surface area contributed by atoms with E-state index in [1.807, 2.05) is 41.7 Å². The van der Waals surface area contributed by atoms with Crippen LogP contribution in [0.5, 0.6) is 0 Å². The lowest BCUT2D eigenvalue weighted by molar-refractivity contribution is -0.114. The van der Waals surface area contributed by atoms with E-state index in [0.717, 1.165) is 47.1 Å². The van der Waals surface area contributed by atoms with Gasteiger partial charge in [0.15, 0.2) is 0 Å². The number of rotatable bonds is 4. The average Bonchev–Trinajstić information content (AvgIpc) is 3.39. The maximum atomic E-state index is 11.0. The smallest absolute Gasteiger partial charge is 0.249 e. The van der Waals surface area contributed by atoms with Crippen LogP contribution in [0.4, 0.5) is 0 Å². The van der Waals surface area contributed by atoms with Gasteiger partial charge in [0, 0.05) is 43.7 Å². The fraction of sp³-hybridized carbons (Fsp3) is 0.391.